The number of hydrogen-bond acceptors (Lipinski definition) is 3. The van der Waals surface area contributed by atoms with Gasteiger partial charge in [0.25, 0.3) is 0 Å². The van der Waals surface area contributed by atoms with Crippen LogP contribution in [0, 0.1) is 23.2 Å². The Labute approximate surface area is 105 Å². The van der Waals surface area contributed by atoms with Crippen LogP contribution >= 0.6 is 0 Å². The van der Waals surface area contributed by atoms with Crippen molar-refractivity contribution in [2.75, 3.05) is 0 Å². The van der Waals surface area contributed by atoms with E-state index in [2.05, 4.69) is 16.3 Å². The van der Waals surface area contributed by atoms with E-state index in [1.807, 2.05) is 0 Å². The molecule has 16 heavy (non-hydrogen) atoms. The second-order valence-electron chi connectivity index (χ2n) is 2.80. The first-order valence-electron chi connectivity index (χ1n) is 4.21. The minimum atomic E-state index is -0.611. The number of benzene rings is 1. The zero-order valence-electron chi connectivity index (χ0n) is 7.94. The zero-order chi connectivity index (χ0) is 10.7. The number of nitrogens with zero attached hydrogens (tertiary/aromatic N) is 3. The Morgan fingerprint density at radius 1 is 1.38 bits per heavy atom. The SMILES string of the molecule is N#Cc1cc[c-]c(-c2cccnn2)c1F.[Ir]. The van der Waals surface area contributed by atoms with Crippen LogP contribution in [-0.2, 0) is 20.1 Å². The van der Waals surface area contributed by atoms with E-state index in [-0.39, 0.29) is 31.2 Å². The van der Waals surface area contributed by atoms with E-state index in [0.29, 0.717) is 5.69 Å². The Morgan fingerprint density at radius 2 is 2.19 bits per heavy atom. The molecule has 0 spiro atoms. The molecule has 0 saturated heterocycles. The molecule has 1 radical (unpaired) electrons. The van der Waals surface area contributed by atoms with Gasteiger partial charge in [0.05, 0.1) is 11.9 Å². The predicted molar refractivity (Wildman–Crippen MR) is 51.0 cm³/mol. The van der Waals surface area contributed by atoms with Gasteiger partial charge >= 0.3 is 0 Å². The monoisotopic (exact) mass is 391 g/mol. The average molecular weight is 390 g/mol. The molecule has 0 amide bonds. The molecule has 2 rings (SSSR count). The molecule has 5 heteroatoms. The van der Waals surface area contributed by atoms with Gasteiger partial charge in [0, 0.05) is 37.6 Å². The smallest absolute Gasteiger partial charge is 0.0818 e. The average Bonchev–Trinajstić information content (AvgIpc) is 2.30. The quantitative estimate of drug-likeness (QED) is 0.700. The van der Waals surface area contributed by atoms with Crippen molar-refractivity contribution < 1.29 is 24.5 Å². The van der Waals surface area contributed by atoms with Crippen molar-refractivity contribution in [1.29, 1.82) is 5.26 Å². The topological polar surface area (TPSA) is 49.6 Å². The van der Waals surface area contributed by atoms with E-state index in [1.54, 1.807) is 18.2 Å². The number of nitriles is 1. The molecule has 0 saturated carbocycles. The zero-order valence-corrected chi connectivity index (χ0v) is 10.3. The van der Waals surface area contributed by atoms with Gasteiger partial charge in [0.2, 0.25) is 0 Å². The molecule has 1 aromatic heterocycles. The molecule has 0 aliphatic carbocycles. The van der Waals surface area contributed by atoms with Gasteiger partial charge in [0.15, 0.2) is 0 Å². The fraction of sp³-hybridized carbons (Fsp3) is 0. The Hall–Kier alpha value is -1.63. The van der Waals surface area contributed by atoms with Crippen molar-refractivity contribution in [3.63, 3.8) is 0 Å². The molecule has 0 aliphatic rings. The second-order valence-corrected chi connectivity index (χ2v) is 2.80. The van der Waals surface area contributed by atoms with Crippen LogP contribution in [0.25, 0.3) is 11.3 Å². The molecule has 0 unspecified atom stereocenters. The Balaban J connectivity index is 0.00000128. The van der Waals surface area contributed by atoms with Gasteiger partial charge in [-0.3, -0.25) is 4.39 Å². The van der Waals surface area contributed by atoms with Crippen molar-refractivity contribution in [3.8, 4) is 17.3 Å². The normalized spacial score (nSPS) is 9.00. The summed E-state index contributed by atoms with van der Waals surface area (Å²) in [4.78, 5) is 0. The minimum absolute atomic E-state index is 0. The van der Waals surface area contributed by atoms with E-state index in [4.69, 9.17) is 5.26 Å². The van der Waals surface area contributed by atoms with Crippen LogP contribution in [0.4, 0.5) is 4.39 Å². The Bertz CT molecular complexity index is 522. The summed E-state index contributed by atoms with van der Waals surface area (Å²) in [6, 6.07) is 10.6. The van der Waals surface area contributed by atoms with Crippen LogP contribution in [0.2, 0.25) is 0 Å². The van der Waals surface area contributed by atoms with E-state index in [9.17, 15) is 4.39 Å². The molecule has 2 aromatic rings. The summed E-state index contributed by atoms with van der Waals surface area (Å²) in [5.74, 6) is -0.611. The van der Waals surface area contributed by atoms with Crippen molar-refractivity contribution >= 4 is 0 Å². The van der Waals surface area contributed by atoms with Crippen LogP contribution in [0.1, 0.15) is 5.56 Å². The molecule has 0 bridgehead atoms. The summed E-state index contributed by atoms with van der Waals surface area (Å²) >= 11 is 0. The molecule has 81 valence electrons. The predicted octanol–water partition coefficient (Wildman–Crippen LogP) is 1.95. The molecular formula is C11H5FIrN3-. The fourth-order valence-corrected chi connectivity index (χ4v) is 1.19. The molecule has 0 aliphatic heterocycles. The van der Waals surface area contributed by atoms with E-state index >= 15 is 0 Å². The van der Waals surface area contributed by atoms with Gasteiger partial charge in [-0.25, -0.2) is 5.10 Å². The van der Waals surface area contributed by atoms with Gasteiger partial charge in [-0.1, -0.05) is 11.6 Å². The van der Waals surface area contributed by atoms with Crippen molar-refractivity contribution in [2.24, 2.45) is 0 Å². The number of hydrogen-bond donors (Lipinski definition) is 0. The summed E-state index contributed by atoms with van der Waals surface area (Å²) in [5.41, 5.74) is 0.517. The Kier molecular flexibility index (Phi) is 4.24. The van der Waals surface area contributed by atoms with Crippen LogP contribution in [-0.4, -0.2) is 10.2 Å². The maximum Gasteiger partial charge on any atom is 0.0818 e. The molecule has 3 nitrogen and oxygen atoms in total. The first kappa shape index (κ1) is 12.4. The molecule has 1 aromatic carbocycles. The number of halogens is 1. The summed E-state index contributed by atoms with van der Waals surface area (Å²) in [5, 5.41) is 16.0. The van der Waals surface area contributed by atoms with Crippen LogP contribution in [0.5, 0.6) is 0 Å². The summed E-state index contributed by atoms with van der Waals surface area (Å²) in [7, 11) is 0. The van der Waals surface area contributed by atoms with Gasteiger partial charge in [-0.15, -0.1) is 18.2 Å². The van der Waals surface area contributed by atoms with Gasteiger partial charge in [-0.2, -0.15) is 10.4 Å². The summed E-state index contributed by atoms with van der Waals surface area (Å²) in [6.45, 7) is 0. The van der Waals surface area contributed by atoms with Gasteiger partial charge < -0.3 is 0 Å². The van der Waals surface area contributed by atoms with E-state index in [0.717, 1.165) is 0 Å². The first-order chi connectivity index (χ1) is 7.33. The largest absolute Gasteiger partial charge is 0.264 e. The van der Waals surface area contributed by atoms with Crippen molar-refractivity contribution in [1.82, 2.24) is 10.2 Å². The standard InChI is InChI=1S/C11H5FN3.Ir/c12-11-8(7-13)3-1-4-9(11)10-5-2-6-14-15-10;/h1-3,5-6H;/q-1;. The van der Waals surface area contributed by atoms with Gasteiger partial charge in [-0.05, 0) is 6.07 Å². The Morgan fingerprint density at radius 3 is 2.81 bits per heavy atom. The van der Waals surface area contributed by atoms with Crippen molar-refractivity contribution in [3.05, 3.63) is 47.9 Å². The van der Waals surface area contributed by atoms with E-state index < -0.39 is 5.82 Å². The molecular weight excluding hydrogens is 385 g/mol. The van der Waals surface area contributed by atoms with Crippen LogP contribution in [0.15, 0.2) is 30.5 Å². The fourth-order valence-electron chi connectivity index (χ4n) is 1.19. The summed E-state index contributed by atoms with van der Waals surface area (Å²) < 4.78 is 13.6. The third-order valence-electron chi connectivity index (χ3n) is 1.88. The van der Waals surface area contributed by atoms with Gasteiger partial charge in [0.1, 0.15) is 0 Å². The molecule has 0 N–H and O–H groups in total. The second kappa shape index (κ2) is 5.45. The van der Waals surface area contributed by atoms with E-state index in [1.165, 1.54) is 18.3 Å². The van der Waals surface area contributed by atoms with Crippen molar-refractivity contribution in [2.45, 2.75) is 0 Å². The third kappa shape index (κ3) is 2.30. The number of aromatic nitrogens is 2. The molecule has 0 atom stereocenters. The molecule has 1 heterocycles. The minimum Gasteiger partial charge on any atom is -0.264 e. The maximum atomic E-state index is 13.6. The number of rotatable bonds is 1. The van der Waals surface area contributed by atoms with Crippen LogP contribution in [0.3, 0.4) is 0 Å². The van der Waals surface area contributed by atoms with Crippen LogP contribution < -0.4 is 0 Å². The maximum absolute atomic E-state index is 13.6. The molecule has 0 fully saturated rings. The first-order valence-corrected chi connectivity index (χ1v) is 4.21. The summed E-state index contributed by atoms with van der Waals surface area (Å²) in [6.07, 6.45) is 1.50. The third-order valence-corrected chi connectivity index (χ3v) is 1.88.